The van der Waals surface area contributed by atoms with Gasteiger partial charge < -0.3 is 20.1 Å². The number of hydrogen-bond donors (Lipinski definition) is 3. The van der Waals surface area contributed by atoms with E-state index in [0.717, 1.165) is 19.1 Å². The van der Waals surface area contributed by atoms with Crippen LogP contribution in [0.1, 0.15) is 52.9 Å². The maximum Gasteiger partial charge on any atom is 0.314 e. The number of allylic oxidation sites excluding steroid dienone is 1. The first-order valence-electron chi connectivity index (χ1n) is 8.67. The molecule has 4 atom stereocenters. The Hall–Kier alpha value is -2.38. The van der Waals surface area contributed by atoms with E-state index >= 15 is 0 Å². The van der Waals surface area contributed by atoms with E-state index < -0.39 is 47.5 Å². The van der Waals surface area contributed by atoms with Crippen LogP contribution in [0.3, 0.4) is 0 Å². The van der Waals surface area contributed by atoms with Crippen LogP contribution in [0.2, 0.25) is 0 Å². The molecule has 0 aromatic heterocycles. The molecule has 3 N–H and O–H groups in total. The highest BCUT2D eigenvalue weighted by molar-refractivity contribution is 5.81. The third kappa shape index (κ3) is 8.13. The van der Waals surface area contributed by atoms with Gasteiger partial charge in [-0.3, -0.25) is 19.2 Å². The summed E-state index contributed by atoms with van der Waals surface area (Å²) in [6.07, 6.45) is 5.06. The molecular weight excluding hydrogens is 344 g/mol. The molecule has 0 amide bonds. The van der Waals surface area contributed by atoms with Crippen LogP contribution in [-0.4, -0.2) is 39.2 Å². The van der Waals surface area contributed by atoms with Crippen molar-refractivity contribution in [2.75, 3.05) is 0 Å². The smallest absolute Gasteiger partial charge is 0.314 e. The lowest BCUT2D eigenvalue weighted by Crippen LogP contribution is -2.28. The summed E-state index contributed by atoms with van der Waals surface area (Å²) >= 11 is 0. The second-order valence-corrected chi connectivity index (χ2v) is 6.35. The molecule has 0 aliphatic rings. The highest BCUT2D eigenvalue weighted by atomic mass is 16.5. The first-order chi connectivity index (χ1) is 12.1. The Labute approximate surface area is 152 Å². The summed E-state index contributed by atoms with van der Waals surface area (Å²) < 4.78 is 4.95. The van der Waals surface area contributed by atoms with Gasteiger partial charge in [0.15, 0.2) is 0 Å². The van der Waals surface area contributed by atoms with E-state index in [2.05, 4.69) is 0 Å². The van der Waals surface area contributed by atoms with E-state index in [0.29, 0.717) is 12.8 Å². The molecule has 26 heavy (non-hydrogen) atoms. The van der Waals surface area contributed by atoms with Crippen LogP contribution in [0.4, 0.5) is 0 Å². The maximum absolute atomic E-state index is 12.2. The molecule has 8 nitrogen and oxygen atoms in total. The van der Waals surface area contributed by atoms with Crippen LogP contribution in [0, 0.1) is 23.7 Å². The van der Waals surface area contributed by atoms with Gasteiger partial charge in [-0.1, -0.05) is 40.0 Å². The van der Waals surface area contributed by atoms with Crippen LogP contribution in [0.15, 0.2) is 12.3 Å². The molecular formula is C18H28O8. The average Bonchev–Trinajstić information content (AvgIpc) is 2.56. The maximum atomic E-state index is 12.2. The number of ether oxygens (including phenoxy) is 1. The Balaban J connectivity index is 4.81. The summed E-state index contributed by atoms with van der Waals surface area (Å²) in [5, 5.41) is 27.1. The first-order valence-corrected chi connectivity index (χ1v) is 8.67. The molecule has 0 radical (unpaired) electrons. The lowest BCUT2D eigenvalue weighted by molar-refractivity contribution is -0.154. The number of carboxylic acids is 3. The molecule has 0 aliphatic heterocycles. The van der Waals surface area contributed by atoms with Gasteiger partial charge in [-0.2, -0.15) is 0 Å². The molecule has 0 aromatic rings. The van der Waals surface area contributed by atoms with Crippen molar-refractivity contribution in [3.8, 4) is 0 Å². The van der Waals surface area contributed by atoms with Crippen molar-refractivity contribution in [1.29, 1.82) is 0 Å². The summed E-state index contributed by atoms with van der Waals surface area (Å²) in [6.45, 7) is 4.73. The van der Waals surface area contributed by atoms with Crippen molar-refractivity contribution in [2.45, 2.75) is 52.9 Å². The quantitative estimate of drug-likeness (QED) is 0.255. The number of hydrogen-bond acceptors (Lipinski definition) is 5. The number of aliphatic carboxylic acids is 3. The van der Waals surface area contributed by atoms with Gasteiger partial charge in [0.25, 0.3) is 0 Å². The van der Waals surface area contributed by atoms with E-state index in [9.17, 15) is 19.2 Å². The monoisotopic (exact) mass is 372 g/mol. The largest absolute Gasteiger partial charge is 0.481 e. The van der Waals surface area contributed by atoms with Crippen LogP contribution >= 0.6 is 0 Å². The fourth-order valence-corrected chi connectivity index (χ4v) is 2.45. The number of esters is 1. The summed E-state index contributed by atoms with van der Waals surface area (Å²) in [5.74, 6) is -8.20. The number of carbonyl (C=O) groups is 4. The predicted octanol–water partition coefficient (Wildman–Crippen LogP) is 2.77. The zero-order chi connectivity index (χ0) is 20.3. The zero-order valence-electron chi connectivity index (χ0n) is 15.4. The van der Waals surface area contributed by atoms with Gasteiger partial charge in [0, 0.05) is 0 Å². The van der Waals surface area contributed by atoms with Gasteiger partial charge in [0.05, 0.1) is 29.9 Å². The van der Waals surface area contributed by atoms with Gasteiger partial charge in [-0.05, 0) is 18.9 Å². The molecule has 4 unspecified atom stereocenters. The van der Waals surface area contributed by atoms with Gasteiger partial charge in [-0.15, -0.1) is 0 Å². The molecule has 0 saturated carbocycles. The lowest BCUT2D eigenvalue weighted by atomic mass is 9.89. The minimum absolute atomic E-state index is 0.120. The Kier molecular flexibility index (Phi) is 10.9. The van der Waals surface area contributed by atoms with Crippen LogP contribution < -0.4 is 0 Å². The third-order valence-electron chi connectivity index (χ3n) is 4.40. The molecule has 0 rings (SSSR count). The van der Waals surface area contributed by atoms with E-state index in [-0.39, 0.29) is 6.42 Å². The molecule has 8 heteroatoms. The standard InChI is InChI=1S/C18H28O8/c1-4-5-6-8-14(12(3)16(21)22)18(25)26-10-7-9-13(17(23)24)11(2)15(19)20/h7,10-14H,4-6,8-9H2,1-3H3,(H,19,20)(H,21,22)(H,23,24)/b10-7+. The van der Waals surface area contributed by atoms with E-state index in [1.807, 2.05) is 6.92 Å². The first kappa shape index (κ1) is 23.6. The molecule has 0 heterocycles. The highest BCUT2D eigenvalue weighted by Gasteiger charge is 2.31. The third-order valence-corrected chi connectivity index (χ3v) is 4.40. The molecule has 0 aliphatic carbocycles. The SMILES string of the molecule is CCCCCC(C(=O)O/C=C/CC(C(=O)O)C(C)C(=O)O)C(C)C(=O)O. The fourth-order valence-electron chi connectivity index (χ4n) is 2.45. The number of carbonyl (C=O) groups excluding carboxylic acids is 1. The minimum atomic E-state index is -1.26. The number of rotatable bonds is 13. The Morgan fingerprint density at radius 2 is 1.42 bits per heavy atom. The van der Waals surface area contributed by atoms with E-state index in [1.165, 1.54) is 19.9 Å². The van der Waals surface area contributed by atoms with Crippen molar-refractivity contribution < 1.29 is 39.2 Å². The summed E-state index contributed by atoms with van der Waals surface area (Å²) in [7, 11) is 0. The molecule has 0 spiro atoms. The van der Waals surface area contributed by atoms with Crippen molar-refractivity contribution >= 4 is 23.9 Å². The van der Waals surface area contributed by atoms with Gasteiger partial charge in [0.1, 0.15) is 0 Å². The van der Waals surface area contributed by atoms with Crippen molar-refractivity contribution in [1.82, 2.24) is 0 Å². The average molecular weight is 372 g/mol. The fraction of sp³-hybridized carbons (Fsp3) is 0.667. The number of carboxylic acid groups (broad SMARTS) is 3. The molecule has 0 fully saturated rings. The Bertz CT molecular complexity index is 525. The van der Waals surface area contributed by atoms with Crippen molar-refractivity contribution in [3.05, 3.63) is 12.3 Å². The Morgan fingerprint density at radius 3 is 1.88 bits per heavy atom. The summed E-state index contributed by atoms with van der Waals surface area (Å²) in [5.41, 5.74) is 0. The zero-order valence-corrected chi connectivity index (χ0v) is 15.4. The molecule has 0 bridgehead atoms. The van der Waals surface area contributed by atoms with Crippen molar-refractivity contribution in [3.63, 3.8) is 0 Å². The summed E-state index contributed by atoms with van der Waals surface area (Å²) in [4.78, 5) is 45.4. The predicted molar refractivity (Wildman–Crippen MR) is 92.2 cm³/mol. The molecule has 0 aromatic carbocycles. The second-order valence-electron chi connectivity index (χ2n) is 6.35. The lowest BCUT2D eigenvalue weighted by Gasteiger charge is -2.18. The normalized spacial score (nSPS) is 15.8. The minimum Gasteiger partial charge on any atom is -0.481 e. The van der Waals surface area contributed by atoms with Crippen LogP contribution in [-0.2, 0) is 23.9 Å². The van der Waals surface area contributed by atoms with Crippen LogP contribution in [0.5, 0.6) is 0 Å². The molecule has 148 valence electrons. The van der Waals surface area contributed by atoms with Crippen molar-refractivity contribution in [2.24, 2.45) is 23.7 Å². The summed E-state index contributed by atoms with van der Waals surface area (Å²) in [6, 6.07) is 0. The number of unbranched alkanes of at least 4 members (excludes halogenated alkanes) is 2. The topological polar surface area (TPSA) is 138 Å². The van der Waals surface area contributed by atoms with Gasteiger partial charge >= 0.3 is 23.9 Å². The highest BCUT2D eigenvalue weighted by Crippen LogP contribution is 2.22. The van der Waals surface area contributed by atoms with Gasteiger partial charge in [-0.25, -0.2) is 0 Å². The van der Waals surface area contributed by atoms with Gasteiger partial charge in [0.2, 0.25) is 0 Å². The second kappa shape index (κ2) is 12.1. The van der Waals surface area contributed by atoms with E-state index in [4.69, 9.17) is 20.1 Å². The van der Waals surface area contributed by atoms with E-state index in [1.54, 1.807) is 0 Å². The van der Waals surface area contributed by atoms with Crippen LogP contribution in [0.25, 0.3) is 0 Å². The molecule has 0 saturated heterocycles. The Morgan fingerprint density at radius 1 is 0.885 bits per heavy atom.